The minimum Gasteiger partial charge on any atom is -0.335 e. The van der Waals surface area contributed by atoms with Gasteiger partial charge >= 0.3 is 6.18 Å². The number of nitrogens with zero attached hydrogens (tertiary/aromatic N) is 1. The third kappa shape index (κ3) is 4.78. The van der Waals surface area contributed by atoms with Crippen LogP contribution in [0.5, 0.6) is 0 Å². The van der Waals surface area contributed by atoms with Crippen molar-refractivity contribution in [3.05, 3.63) is 35.4 Å². The molecular formula is C20H27F3N2O. The van der Waals surface area contributed by atoms with Gasteiger partial charge in [0.05, 0.1) is 5.56 Å². The van der Waals surface area contributed by atoms with Crippen LogP contribution in [0.3, 0.4) is 0 Å². The van der Waals surface area contributed by atoms with Gasteiger partial charge in [0.25, 0.3) is 0 Å². The van der Waals surface area contributed by atoms with Gasteiger partial charge in [0, 0.05) is 19.0 Å². The molecule has 1 saturated carbocycles. The Morgan fingerprint density at radius 2 is 1.85 bits per heavy atom. The van der Waals surface area contributed by atoms with Crippen LogP contribution in [0.25, 0.3) is 0 Å². The van der Waals surface area contributed by atoms with Crippen molar-refractivity contribution in [2.75, 3.05) is 13.1 Å². The van der Waals surface area contributed by atoms with Gasteiger partial charge in [-0.15, -0.1) is 0 Å². The average molecular weight is 368 g/mol. The third-order valence-corrected chi connectivity index (χ3v) is 5.66. The van der Waals surface area contributed by atoms with Crippen LogP contribution in [0.4, 0.5) is 13.2 Å². The lowest BCUT2D eigenvalue weighted by Crippen LogP contribution is -2.37. The maximum atomic E-state index is 13.3. The molecule has 1 N–H and O–H groups in total. The van der Waals surface area contributed by atoms with Crippen molar-refractivity contribution < 1.29 is 18.0 Å². The molecule has 3 nitrogen and oxygen atoms in total. The molecule has 1 aliphatic carbocycles. The van der Waals surface area contributed by atoms with Gasteiger partial charge in [-0.25, -0.2) is 0 Å². The molecule has 0 aromatic heterocycles. The molecule has 1 heterocycles. The first kappa shape index (κ1) is 19.2. The molecule has 26 heavy (non-hydrogen) atoms. The topological polar surface area (TPSA) is 32.3 Å². The zero-order valence-corrected chi connectivity index (χ0v) is 15.2. The monoisotopic (exact) mass is 368 g/mol. The molecule has 2 fully saturated rings. The molecule has 1 aliphatic heterocycles. The Hall–Kier alpha value is -1.56. The number of hydrogen-bond donors (Lipinski definition) is 1. The van der Waals surface area contributed by atoms with Crippen LogP contribution < -0.4 is 5.32 Å². The van der Waals surface area contributed by atoms with Crippen LogP contribution in [0, 0.1) is 11.8 Å². The Bertz CT molecular complexity index is 622. The molecule has 0 spiro atoms. The summed E-state index contributed by atoms with van der Waals surface area (Å²) in [4.78, 5) is 14.6. The van der Waals surface area contributed by atoms with E-state index in [-0.39, 0.29) is 30.0 Å². The molecule has 1 aromatic rings. The van der Waals surface area contributed by atoms with E-state index in [9.17, 15) is 18.0 Å². The molecule has 1 atom stereocenters. The number of carbonyl (C=O) groups is 1. The molecule has 1 aromatic carbocycles. The van der Waals surface area contributed by atoms with Crippen LogP contribution in [0.15, 0.2) is 24.3 Å². The highest BCUT2D eigenvalue weighted by Crippen LogP contribution is 2.35. The van der Waals surface area contributed by atoms with E-state index >= 15 is 0 Å². The van der Waals surface area contributed by atoms with Crippen LogP contribution >= 0.6 is 0 Å². The van der Waals surface area contributed by atoms with Gasteiger partial charge in [0.2, 0.25) is 5.91 Å². The first-order chi connectivity index (χ1) is 12.4. The number of piperidine rings is 1. The summed E-state index contributed by atoms with van der Waals surface area (Å²) < 4.78 is 39.8. The van der Waals surface area contributed by atoms with Crippen molar-refractivity contribution in [3.8, 4) is 0 Å². The normalized spacial score (nSPS) is 20.0. The first-order valence-electron chi connectivity index (χ1n) is 9.51. The lowest BCUT2D eigenvalue weighted by atomic mass is 9.84. The largest absolute Gasteiger partial charge is 0.416 e. The molecule has 1 amide bonds. The van der Waals surface area contributed by atoms with Crippen LogP contribution in [-0.2, 0) is 17.5 Å². The van der Waals surface area contributed by atoms with E-state index in [1.165, 1.54) is 12.1 Å². The number of rotatable bonds is 6. The summed E-state index contributed by atoms with van der Waals surface area (Å²) in [6.45, 7) is 4.11. The van der Waals surface area contributed by atoms with Crippen molar-refractivity contribution in [1.82, 2.24) is 10.2 Å². The quantitative estimate of drug-likeness (QED) is 0.815. The van der Waals surface area contributed by atoms with Crippen molar-refractivity contribution in [3.63, 3.8) is 0 Å². The fourth-order valence-corrected chi connectivity index (χ4v) is 3.90. The van der Waals surface area contributed by atoms with Gasteiger partial charge in [-0.2, -0.15) is 13.2 Å². The molecular weight excluding hydrogens is 341 g/mol. The zero-order chi connectivity index (χ0) is 18.7. The molecule has 144 valence electrons. The summed E-state index contributed by atoms with van der Waals surface area (Å²) in [5.41, 5.74) is -0.445. The van der Waals surface area contributed by atoms with E-state index in [1.54, 1.807) is 11.0 Å². The predicted octanol–water partition coefficient (Wildman–Crippen LogP) is 4.22. The number of hydrogen-bond acceptors (Lipinski definition) is 2. The summed E-state index contributed by atoms with van der Waals surface area (Å²) in [6, 6.07) is 5.70. The summed E-state index contributed by atoms with van der Waals surface area (Å²) in [6.07, 6.45) is -0.0561. The third-order valence-electron chi connectivity index (χ3n) is 5.66. The van der Waals surface area contributed by atoms with Gasteiger partial charge in [0.1, 0.15) is 0 Å². The summed E-state index contributed by atoms with van der Waals surface area (Å²) in [7, 11) is 0. The number of nitrogens with one attached hydrogen (secondary N) is 1. The smallest absolute Gasteiger partial charge is 0.335 e. The second-order valence-electron chi connectivity index (χ2n) is 7.68. The Labute approximate surface area is 152 Å². The fraction of sp³-hybridized carbons (Fsp3) is 0.650. The van der Waals surface area contributed by atoms with Crippen molar-refractivity contribution >= 4 is 5.91 Å². The van der Waals surface area contributed by atoms with Crippen LogP contribution in [-0.4, -0.2) is 29.9 Å². The van der Waals surface area contributed by atoms with E-state index in [0.29, 0.717) is 12.3 Å². The van der Waals surface area contributed by atoms with Crippen LogP contribution in [0.2, 0.25) is 0 Å². The molecule has 3 rings (SSSR count). The second kappa shape index (κ2) is 7.99. The predicted molar refractivity (Wildman–Crippen MR) is 94.4 cm³/mol. The Balaban J connectivity index is 1.69. The highest BCUT2D eigenvalue weighted by Gasteiger charge is 2.37. The molecule has 0 bridgehead atoms. The minimum absolute atomic E-state index is 0.00416. The zero-order valence-electron chi connectivity index (χ0n) is 15.2. The number of benzene rings is 1. The number of carbonyl (C=O) groups excluding carboxylic acids is 1. The lowest BCUT2D eigenvalue weighted by molar-refractivity contribution is -0.140. The molecule has 1 saturated heterocycles. The highest BCUT2D eigenvalue weighted by atomic mass is 19.4. The summed E-state index contributed by atoms with van der Waals surface area (Å²) >= 11 is 0. The van der Waals surface area contributed by atoms with E-state index < -0.39 is 11.7 Å². The van der Waals surface area contributed by atoms with Gasteiger partial charge in [-0.05, 0) is 62.2 Å². The number of alkyl halides is 3. The highest BCUT2D eigenvalue weighted by molar-refractivity contribution is 5.77. The van der Waals surface area contributed by atoms with E-state index in [1.807, 2.05) is 0 Å². The summed E-state index contributed by atoms with van der Waals surface area (Å²) in [5, 5.41) is 3.33. The molecule has 1 unspecified atom stereocenters. The van der Waals surface area contributed by atoms with Gasteiger partial charge in [-0.3, -0.25) is 4.79 Å². The Morgan fingerprint density at radius 1 is 1.19 bits per heavy atom. The molecule has 6 heteroatoms. The van der Waals surface area contributed by atoms with E-state index in [2.05, 4.69) is 12.2 Å². The summed E-state index contributed by atoms with van der Waals surface area (Å²) in [5.74, 6) is 0.780. The standard InChI is InChI=1S/C20H27F3N2O/c1-14(15-8-10-24-11-9-15)12-19(26)25(17-6-7-17)13-16-4-2-3-5-18(16)20(21,22)23/h2-5,14-15,17,24H,6-13H2,1H3. The average Bonchev–Trinajstić information content (AvgIpc) is 3.44. The maximum absolute atomic E-state index is 13.3. The number of halogens is 3. The number of amides is 1. The van der Waals surface area contributed by atoms with Crippen molar-refractivity contribution in [2.45, 2.75) is 57.8 Å². The van der Waals surface area contributed by atoms with Gasteiger partial charge in [0.15, 0.2) is 0 Å². The van der Waals surface area contributed by atoms with Gasteiger partial charge < -0.3 is 10.2 Å². The van der Waals surface area contributed by atoms with E-state index in [0.717, 1.165) is 44.8 Å². The second-order valence-corrected chi connectivity index (χ2v) is 7.68. The molecule has 2 aliphatic rings. The Kier molecular flexibility index (Phi) is 5.90. The first-order valence-corrected chi connectivity index (χ1v) is 9.51. The van der Waals surface area contributed by atoms with Crippen molar-refractivity contribution in [2.24, 2.45) is 11.8 Å². The van der Waals surface area contributed by atoms with E-state index in [4.69, 9.17) is 0 Å². The minimum atomic E-state index is -4.39. The van der Waals surface area contributed by atoms with Crippen LogP contribution in [0.1, 0.15) is 50.2 Å². The Morgan fingerprint density at radius 3 is 2.46 bits per heavy atom. The van der Waals surface area contributed by atoms with Crippen molar-refractivity contribution in [1.29, 1.82) is 0 Å². The van der Waals surface area contributed by atoms with Gasteiger partial charge in [-0.1, -0.05) is 25.1 Å². The maximum Gasteiger partial charge on any atom is 0.416 e. The fourth-order valence-electron chi connectivity index (χ4n) is 3.90. The SMILES string of the molecule is CC(CC(=O)N(Cc1ccccc1C(F)(F)F)C1CC1)C1CCNCC1. The molecule has 0 radical (unpaired) electrons. The lowest BCUT2D eigenvalue weighted by Gasteiger charge is -2.30.